The molecular weight excluding hydrogens is 246 g/mol. The van der Waals surface area contributed by atoms with Gasteiger partial charge in [-0.1, -0.05) is 20.8 Å². The largest absolute Gasteiger partial charge is 0.300 e. The lowest BCUT2D eigenvalue weighted by atomic mass is 9.77. The standard InChI is InChI=1S/C17H31N3/c1-4-9-19-17(13-18)8-5-6-16(11-17)20-10-7-14(2)15(3)12-20/h14-16,19H,4-12H2,1-3H3. The molecule has 2 rings (SSSR count). The molecule has 0 amide bonds. The van der Waals surface area contributed by atoms with Crippen LogP contribution in [0.4, 0.5) is 0 Å². The van der Waals surface area contributed by atoms with Gasteiger partial charge >= 0.3 is 0 Å². The summed E-state index contributed by atoms with van der Waals surface area (Å²) in [5.41, 5.74) is -0.259. The fourth-order valence-corrected chi connectivity index (χ4v) is 3.85. The number of nitriles is 1. The summed E-state index contributed by atoms with van der Waals surface area (Å²) in [7, 11) is 0. The third kappa shape index (κ3) is 3.54. The second-order valence-corrected chi connectivity index (χ2v) is 7.11. The van der Waals surface area contributed by atoms with Crippen molar-refractivity contribution in [3.8, 4) is 6.07 Å². The number of likely N-dealkylation sites (tertiary alicyclic amines) is 1. The van der Waals surface area contributed by atoms with Crippen LogP contribution < -0.4 is 5.32 Å². The summed E-state index contributed by atoms with van der Waals surface area (Å²) in [5, 5.41) is 13.2. The van der Waals surface area contributed by atoms with Gasteiger partial charge in [-0.25, -0.2) is 0 Å². The lowest BCUT2D eigenvalue weighted by Crippen LogP contribution is -2.55. The minimum absolute atomic E-state index is 0.259. The molecule has 0 spiro atoms. The molecule has 3 heteroatoms. The first-order valence-corrected chi connectivity index (χ1v) is 8.50. The summed E-state index contributed by atoms with van der Waals surface area (Å²) in [6.07, 6.45) is 6.93. The van der Waals surface area contributed by atoms with Gasteiger partial charge in [0.1, 0.15) is 5.54 Å². The van der Waals surface area contributed by atoms with Crippen LogP contribution in [0.25, 0.3) is 0 Å². The van der Waals surface area contributed by atoms with E-state index in [2.05, 4.69) is 37.1 Å². The zero-order chi connectivity index (χ0) is 14.6. The Morgan fingerprint density at radius 1 is 1.30 bits per heavy atom. The maximum absolute atomic E-state index is 9.65. The van der Waals surface area contributed by atoms with E-state index in [1.165, 1.54) is 32.4 Å². The van der Waals surface area contributed by atoms with E-state index in [1.54, 1.807) is 0 Å². The van der Waals surface area contributed by atoms with Crippen molar-refractivity contribution >= 4 is 0 Å². The predicted octanol–water partition coefficient (Wildman–Crippen LogP) is 3.17. The quantitative estimate of drug-likeness (QED) is 0.858. The molecule has 20 heavy (non-hydrogen) atoms. The van der Waals surface area contributed by atoms with Crippen LogP contribution in [0.3, 0.4) is 0 Å². The lowest BCUT2D eigenvalue weighted by Gasteiger charge is -2.45. The molecule has 114 valence electrons. The van der Waals surface area contributed by atoms with E-state index >= 15 is 0 Å². The average molecular weight is 277 g/mol. The fourth-order valence-electron chi connectivity index (χ4n) is 3.85. The summed E-state index contributed by atoms with van der Waals surface area (Å²) in [5.74, 6) is 1.65. The second kappa shape index (κ2) is 6.91. The monoisotopic (exact) mass is 277 g/mol. The van der Waals surface area contributed by atoms with E-state index in [0.717, 1.165) is 37.6 Å². The van der Waals surface area contributed by atoms with Gasteiger partial charge in [0.25, 0.3) is 0 Å². The van der Waals surface area contributed by atoms with Crippen LogP contribution in [0.15, 0.2) is 0 Å². The molecule has 1 aliphatic heterocycles. The highest BCUT2D eigenvalue weighted by atomic mass is 15.2. The molecule has 2 fully saturated rings. The Balaban J connectivity index is 1.97. The summed E-state index contributed by atoms with van der Waals surface area (Å²) in [6, 6.07) is 3.22. The molecule has 0 aromatic heterocycles. The van der Waals surface area contributed by atoms with Crippen molar-refractivity contribution in [1.82, 2.24) is 10.2 Å². The highest BCUT2D eigenvalue weighted by molar-refractivity contribution is 5.11. The van der Waals surface area contributed by atoms with Crippen molar-refractivity contribution in [2.75, 3.05) is 19.6 Å². The van der Waals surface area contributed by atoms with Crippen molar-refractivity contribution in [3.05, 3.63) is 0 Å². The van der Waals surface area contributed by atoms with Gasteiger partial charge in [-0.05, 0) is 63.5 Å². The highest BCUT2D eigenvalue weighted by Crippen LogP contribution is 2.34. The minimum Gasteiger partial charge on any atom is -0.300 e. The average Bonchev–Trinajstić information content (AvgIpc) is 2.48. The van der Waals surface area contributed by atoms with Crippen LogP contribution >= 0.6 is 0 Å². The van der Waals surface area contributed by atoms with E-state index in [0.29, 0.717) is 6.04 Å². The van der Waals surface area contributed by atoms with Crippen LogP contribution in [0.1, 0.15) is 59.3 Å². The lowest BCUT2D eigenvalue weighted by molar-refractivity contribution is 0.0594. The van der Waals surface area contributed by atoms with Crippen molar-refractivity contribution in [3.63, 3.8) is 0 Å². The van der Waals surface area contributed by atoms with E-state index in [1.807, 2.05) is 0 Å². The molecule has 1 heterocycles. The second-order valence-electron chi connectivity index (χ2n) is 7.11. The van der Waals surface area contributed by atoms with E-state index < -0.39 is 0 Å². The molecule has 0 aromatic rings. The molecule has 2 aliphatic rings. The Labute approximate surface area is 124 Å². The van der Waals surface area contributed by atoms with Gasteiger partial charge in [0.2, 0.25) is 0 Å². The molecule has 0 radical (unpaired) electrons. The molecule has 4 unspecified atom stereocenters. The van der Waals surface area contributed by atoms with Crippen LogP contribution in [-0.4, -0.2) is 36.1 Å². The van der Waals surface area contributed by atoms with Crippen molar-refractivity contribution in [1.29, 1.82) is 5.26 Å². The molecule has 1 saturated heterocycles. The Hall–Kier alpha value is -0.590. The third-order valence-electron chi connectivity index (χ3n) is 5.53. The maximum Gasteiger partial charge on any atom is 0.108 e. The van der Waals surface area contributed by atoms with Gasteiger partial charge < -0.3 is 0 Å². The van der Waals surface area contributed by atoms with Gasteiger partial charge in [-0.15, -0.1) is 0 Å². The SMILES string of the molecule is CCCNC1(C#N)CCCC(N2CCC(C)C(C)C2)C1. The first-order valence-electron chi connectivity index (χ1n) is 8.50. The van der Waals surface area contributed by atoms with Crippen LogP contribution in [0, 0.1) is 23.2 Å². The Bertz CT molecular complexity index is 349. The maximum atomic E-state index is 9.65. The number of piperidine rings is 1. The molecule has 4 atom stereocenters. The Morgan fingerprint density at radius 2 is 2.10 bits per heavy atom. The number of hydrogen-bond donors (Lipinski definition) is 1. The predicted molar refractivity (Wildman–Crippen MR) is 83.4 cm³/mol. The van der Waals surface area contributed by atoms with E-state index in [-0.39, 0.29) is 5.54 Å². The van der Waals surface area contributed by atoms with Gasteiger partial charge in [0.15, 0.2) is 0 Å². The fraction of sp³-hybridized carbons (Fsp3) is 0.941. The minimum atomic E-state index is -0.259. The topological polar surface area (TPSA) is 39.1 Å². The number of nitrogens with zero attached hydrogens (tertiary/aromatic N) is 2. The van der Waals surface area contributed by atoms with E-state index in [4.69, 9.17) is 0 Å². The molecule has 1 N–H and O–H groups in total. The summed E-state index contributed by atoms with van der Waals surface area (Å²) < 4.78 is 0. The van der Waals surface area contributed by atoms with Gasteiger partial charge in [-0.3, -0.25) is 10.2 Å². The molecule has 1 saturated carbocycles. The summed E-state index contributed by atoms with van der Waals surface area (Å²) in [6.45, 7) is 10.4. The Kier molecular flexibility index (Phi) is 5.46. The zero-order valence-electron chi connectivity index (χ0n) is 13.5. The highest BCUT2D eigenvalue weighted by Gasteiger charge is 2.39. The Morgan fingerprint density at radius 3 is 2.75 bits per heavy atom. The number of rotatable bonds is 4. The molecule has 0 bridgehead atoms. The van der Waals surface area contributed by atoms with Crippen molar-refractivity contribution < 1.29 is 0 Å². The van der Waals surface area contributed by atoms with Gasteiger partial charge in [0, 0.05) is 12.6 Å². The molecule has 1 aliphatic carbocycles. The van der Waals surface area contributed by atoms with Gasteiger partial charge in [0.05, 0.1) is 6.07 Å². The molecule has 3 nitrogen and oxygen atoms in total. The van der Waals surface area contributed by atoms with Crippen LogP contribution in [-0.2, 0) is 0 Å². The normalized spacial score (nSPS) is 39.4. The molecular formula is C17H31N3. The summed E-state index contributed by atoms with van der Waals surface area (Å²) in [4.78, 5) is 2.67. The third-order valence-corrected chi connectivity index (χ3v) is 5.53. The number of nitrogens with one attached hydrogen (secondary N) is 1. The van der Waals surface area contributed by atoms with Crippen LogP contribution in [0.5, 0.6) is 0 Å². The van der Waals surface area contributed by atoms with Crippen molar-refractivity contribution in [2.24, 2.45) is 11.8 Å². The first-order chi connectivity index (χ1) is 9.60. The van der Waals surface area contributed by atoms with E-state index in [9.17, 15) is 5.26 Å². The van der Waals surface area contributed by atoms with Gasteiger partial charge in [-0.2, -0.15) is 5.26 Å². The molecule has 0 aromatic carbocycles. The number of hydrogen-bond acceptors (Lipinski definition) is 3. The van der Waals surface area contributed by atoms with Crippen molar-refractivity contribution in [2.45, 2.75) is 70.9 Å². The summed E-state index contributed by atoms with van der Waals surface area (Å²) >= 11 is 0. The smallest absolute Gasteiger partial charge is 0.108 e. The zero-order valence-corrected chi connectivity index (χ0v) is 13.5. The van der Waals surface area contributed by atoms with Crippen LogP contribution in [0.2, 0.25) is 0 Å². The first kappa shape index (κ1) is 15.8.